The first-order chi connectivity index (χ1) is 10.5. The van der Waals surface area contributed by atoms with Crippen molar-refractivity contribution in [2.24, 2.45) is 7.05 Å². The first kappa shape index (κ1) is 14.7. The third-order valence-corrected chi connectivity index (χ3v) is 4.02. The number of benzene rings is 1. The molecule has 2 aromatic rings. The lowest BCUT2D eigenvalue weighted by atomic mass is 10.1. The van der Waals surface area contributed by atoms with Crippen molar-refractivity contribution in [1.82, 2.24) is 9.55 Å². The number of hydrogen-bond donors (Lipinski definition) is 1. The zero-order chi connectivity index (χ0) is 15.9. The Hall–Kier alpha value is -2.21. The van der Waals surface area contributed by atoms with Crippen LogP contribution in [0.25, 0.3) is 0 Å². The molecule has 1 aromatic carbocycles. The van der Waals surface area contributed by atoms with Crippen LogP contribution in [0.15, 0.2) is 29.2 Å². The fourth-order valence-corrected chi connectivity index (χ4v) is 2.69. The van der Waals surface area contributed by atoms with Gasteiger partial charge in [0, 0.05) is 13.2 Å². The summed E-state index contributed by atoms with van der Waals surface area (Å²) in [5.74, 6) is 0.233. The number of aromatic nitrogens is 2. The van der Waals surface area contributed by atoms with Gasteiger partial charge in [0.05, 0.1) is 17.3 Å². The van der Waals surface area contributed by atoms with Gasteiger partial charge in [0.25, 0.3) is 5.91 Å². The molecule has 0 saturated heterocycles. The minimum atomic E-state index is -0.324. The number of carbonyl (C=O) groups is 1. The van der Waals surface area contributed by atoms with E-state index in [0.29, 0.717) is 23.0 Å². The molecule has 22 heavy (non-hydrogen) atoms. The van der Waals surface area contributed by atoms with E-state index in [4.69, 9.17) is 16.3 Å². The van der Waals surface area contributed by atoms with Gasteiger partial charge < -0.3 is 14.3 Å². The van der Waals surface area contributed by atoms with Crippen molar-refractivity contribution < 1.29 is 9.53 Å². The summed E-state index contributed by atoms with van der Waals surface area (Å²) in [6.45, 7) is 2.40. The molecule has 7 heteroatoms. The quantitative estimate of drug-likeness (QED) is 0.922. The third-order valence-electron chi connectivity index (χ3n) is 3.72. The maximum atomic E-state index is 12.7. The van der Waals surface area contributed by atoms with Crippen molar-refractivity contribution in [1.29, 1.82) is 0 Å². The summed E-state index contributed by atoms with van der Waals surface area (Å²) in [4.78, 5) is 28.4. The van der Waals surface area contributed by atoms with Gasteiger partial charge in [-0.3, -0.25) is 9.69 Å². The first-order valence-electron chi connectivity index (χ1n) is 7.04. The fourth-order valence-electron chi connectivity index (χ4n) is 2.48. The van der Waals surface area contributed by atoms with Crippen LogP contribution < -0.4 is 15.3 Å². The summed E-state index contributed by atoms with van der Waals surface area (Å²) in [5, 5.41) is 0.468. The summed E-state index contributed by atoms with van der Waals surface area (Å²) < 4.78 is 7.19. The molecule has 116 valence electrons. The summed E-state index contributed by atoms with van der Waals surface area (Å²) in [6.07, 6.45) is 2.11. The van der Waals surface area contributed by atoms with E-state index in [-0.39, 0.29) is 23.4 Å². The van der Waals surface area contributed by atoms with Gasteiger partial charge in [-0.05, 0) is 18.6 Å². The lowest BCUT2D eigenvalue weighted by Gasteiger charge is -2.34. The van der Waals surface area contributed by atoms with Crippen molar-refractivity contribution in [2.45, 2.75) is 19.4 Å². The topological polar surface area (TPSA) is 67.3 Å². The Balaban J connectivity index is 2.04. The van der Waals surface area contributed by atoms with Crippen molar-refractivity contribution in [3.8, 4) is 5.75 Å². The molecule has 0 bridgehead atoms. The molecule has 1 aliphatic heterocycles. The second-order valence-electron chi connectivity index (χ2n) is 5.24. The van der Waals surface area contributed by atoms with E-state index in [1.54, 1.807) is 30.1 Å². The highest BCUT2D eigenvalue weighted by atomic mass is 35.5. The van der Waals surface area contributed by atoms with Crippen LogP contribution in [-0.2, 0) is 7.05 Å². The Morgan fingerprint density at radius 1 is 1.50 bits per heavy atom. The molecule has 0 spiro atoms. The van der Waals surface area contributed by atoms with E-state index in [1.165, 1.54) is 10.8 Å². The van der Waals surface area contributed by atoms with E-state index in [1.807, 2.05) is 6.92 Å². The van der Waals surface area contributed by atoms with Crippen molar-refractivity contribution in [3.63, 3.8) is 0 Å². The van der Waals surface area contributed by atoms with E-state index < -0.39 is 0 Å². The molecule has 1 aromatic heterocycles. The Morgan fingerprint density at radius 3 is 2.91 bits per heavy atom. The van der Waals surface area contributed by atoms with Gasteiger partial charge >= 0.3 is 5.69 Å². The number of imidazole rings is 1. The Labute approximate surface area is 132 Å². The zero-order valence-electron chi connectivity index (χ0n) is 12.3. The Morgan fingerprint density at radius 2 is 2.27 bits per heavy atom. The Kier molecular flexibility index (Phi) is 3.70. The summed E-state index contributed by atoms with van der Waals surface area (Å²) in [7, 11) is 1.59. The van der Waals surface area contributed by atoms with Crippen molar-refractivity contribution >= 4 is 23.2 Å². The first-order valence-corrected chi connectivity index (χ1v) is 7.41. The SMILES string of the molecule is CCC1CN(C(=O)c2cn(C)c(=O)[nH]2)c2cccc(Cl)c2O1. The lowest BCUT2D eigenvalue weighted by Crippen LogP contribution is -2.43. The third kappa shape index (κ3) is 2.39. The predicted octanol–water partition coefficient (Wildman–Crippen LogP) is 2.18. The van der Waals surface area contributed by atoms with Crippen LogP contribution in [0.3, 0.4) is 0 Å². The monoisotopic (exact) mass is 321 g/mol. The number of fused-ring (bicyclic) bond motifs is 1. The predicted molar refractivity (Wildman–Crippen MR) is 83.9 cm³/mol. The molecule has 0 radical (unpaired) electrons. The number of nitrogens with zero attached hydrogens (tertiary/aromatic N) is 2. The van der Waals surface area contributed by atoms with Crippen LogP contribution in [0.5, 0.6) is 5.75 Å². The zero-order valence-corrected chi connectivity index (χ0v) is 13.1. The van der Waals surface area contributed by atoms with Crippen LogP contribution in [0.2, 0.25) is 5.02 Å². The number of halogens is 1. The number of aryl methyl sites for hydroxylation is 1. The average molecular weight is 322 g/mol. The van der Waals surface area contributed by atoms with Gasteiger partial charge in [-0.25, -0.2) is 4.79 Å². The van der Waals surface area contributed by atoms with E-state index in [9.17, 15) is 9.59 Å². The second-order valence-corrected chi connectivity index (χ2v) is 5.64. The van der Waals surface area contributed by atoms with Gasteiger partial charge in [0.15, 0.2) is 5.75 Å². The maximum Gasteiger partial charge on any atom is 0.325 e. The van der Waals surface area contributed by atoms with Crippen LogP contribution in [0, 0.1) is 0 Å². The highest BCUT2D eigenvalue weighted by Crippen LogP contribution is 2.40. The largest absolute Gasteiger partial charge is 0.485 e. The lowest BCUT2D eigenvalue weighted by molar-refractivity contribution is 0.0950. The molecule has 6 nitrogen and oxygen atoms in total. The van der Waals surface area contributed by atoms with E-state index >= 15 is 0 Å². The number of carbonyl (C=O) groups excluding carboxylic acids is 1. The van der Waals surface area contributed by atoms with E-state index in [0.717, 1.165) is 6.42 Å². The number of rotatable bonds is 2. The number of H-pyrrole nitrogens is 1. The van der Waals surface area contributed by atoms with Crippen LogP contribution in [0.4, 0.5) is 5.69 Å². The van der Waals surface area contributed by atoms with Gasteiger partial charge in [0.1, 0.15) is 11.8 Å². The molecule has 1 atom stereocenters. The molecule has 2 heterocycles. The molecular weight excluding hydrogens is 306 g/mol. The number of nitrogens with one attached hydrogen (secondary N) is 1. The minimum absolute atomic E-state index is 0.133. The number of anilines is 1. The fraction of sp³-hybridized carbons (Fsp3) is 0.333. The van der Waals surface area contributed by atoms with Crippen molar-refractivity contribution in [2.75, 3.05) is 11.4 Å². The molecule has 1 amide bonds. The summed E-state index contributed by atoms with van der Waals surface area (Å²) in [6, 6.07) is 5.28. The summed E-state index contributed by atoms with van der Waals surface area (Å²) >= 11 is 6.18. The maximum absolute atomic E-state index is 12.7. The van der Waals surface area contributed by atoms with E-state index in [2.05, 4.69) is 4.98 Å². The molecule has 1 aliphatic rings. The molecule has 1 unspecified atom stereocenters. The molecule has 0 fully saturated rings. The van der Waals surface area contributed by atoms with Gasteiger partial charge in [-0.15, -0.1) is 0 Å². The normalized spacial score (nSPS) is 17.0. The highest BCUT2D eigenvalue weighted by molar-refractivity contribution is 6.32. The molecule has 0 aliphatic carbocycles. The number of ether oxygens (including phenoxy) is 1. The standard InChI is InChI=1S/C15H16ClN3O3/c1-3-9-7-19(12-6-4-5-10(16)13(12)22-9)14(20)11-8-18(2)15(21)17-11/h4-6,8-9H,3,7H2,1-2H3,(H,17,21). The number of aromatic amines is 1. The van der Waals surface area contributed by atoms with Gasteiger partial charge in [-0.1, -0.05) is 24.6 Å². The molecule has 3 rings (SSSR count). The van der Waals surface area contributed by atoms with Crippen LogP contribution in [-0.4, -0.2) is 28.1 Å². The molecular formula is C15H16ClN3O3. The van der Waals surface area contributed by atoms with Crippen LogP contribution >= 0.6 is 11.6 Å². The smallest absolute Gasteiger partial charge is 0.325 e. The van der Waals surface area contributed by atoms with Gasteiger partial charge in [0.2, 0.25) is 0 Å². The van der Waals surface area contributed by atoms with Gasteiger partial charge in [-0.2, -0.15) is 0 Å². The van der Waals surface area contributed by atoms with Crippen LogP contribution in [0.1, 0.15) is 23.8 Å². The molecule has 1 N–H and O–H groups in total. The molecule has 0 saturated carbocycles. The second kappa shape index (κ2) is 5.53. The number of hydrogen-bond acceptors (Lipinski definition) is 3. The Bertz CT molecular complexity index is 781. The highest BCUT2D eigenvalue weighted by Gasteiger charge is 2.31. The number of amides is 1. The minimum Gasteiger partial charge on any atom is -0.485 e. The van der Waals surface area contributed by atoms with Crippen molar-refractivity contribution in [3.05, 3.63) is 45.6 Å². The summed E-state index contributed by atoms with van der Waals surface area (Å²) in [5.41, 5.74) is 0.539. The average Bonchev–Trinajstić information content (AvgIpc) is 2.85. The number of para-hydroxylation sites is 1.